The quantitative estimate of drug-likeness (QED) is 0.627. The summed E-state index contributed by atoms with van der Waals surface area (Å²) in [7, 11) is 0. The highest BCUT2D eigenvalue weighted by Gasteiger charge is 2.26. The largest absolute Gasteiger partial charge is 0.271 e. The molecule has 0 aliphatic carbocycles. The average Bonchev–Trinajstić information content (AvgIpc) is 2.68. The van der Waals surface area contributed by atoms with Gasteiger partial charge in [-0.25, -0.2) is 0 Å². The monoisotopic (exact) mass is 302 g/mol. The van der Waals surface area contributed by atoms with Gasteiger partial charge in [0.2, 0.25) is 0 Å². The summed E-state index contributed by atoms with van der Waals surface area (Å²) in [6.45, 7) is 8.65. The van der Waals surface area contributed by atoms with Crippen molar-refractivity contribution in [1.29, 1.82) is 0 Å². The Hall–Kier alpha value is -0.390. The topological polar surface area (TPSA) is 55.9 Å². The van der Waals surface area contributed by atoms with E-state index in [9.17, 15) is 0 Å². The van der Waals surface area contributed by atoms with Crippen LogP contribution in [-0.2, 0) is 0 Å². The SMILES string of the molecule is CCC(CC)C(NN)c1c(Br)cnn1C(C)C. The minimum absolute atomic E-state index is 0.143. The third-order valence-electron chi connectivity index (χ3n) is 3.27. The highest BCUT2D eigenvalue weighted by molar-refractivity contribution is 9.10. The van der Waals surface area contributed by atoms with Crippen molar-refractivity contribution in [3.05, 3.63) is 16.4 Å². The molecule has 3 N–H and O–H groups in total. The van der Waals surface area contributed by atoms with Crippen molar-refractivity contribution < 1.29 is 0 Å². The van der Waals surface area contributed by atoms with Gasteiger partial charge in [-0.2, -0.15) is 5.10 Å². The van der Waals surface area contributed by atoms with Crippen LogP contribution in [0.25, 0.3) is 0 Å². The molecule has 0 radical (unpaired) electrons. The zero-order valence-electron chi connectivity index (χ0n) is 11.1. The average molecular weight is 303 g/mol. The number of hydrogen-bond donors (Lipinski definition) is 2. The van der Waals surface area contributed by atoms with Gasteiger partial charge >= 0.3 is 0 Å². The summed E-state index contributed by atoms with van der Waals surface area (Å²) >= 11 is 3.57. The molecule has 0 aromatic carbocycles. The van der Waals surface area contributed by atoms with Gasteiger partial charge in [0.1, 0.15) is 0 Å². The third kappa shape index (κ3) is 3.09. The molecule has 0 spiro atoms. The van der Waals surface area contributed by atoms with Gasteiger partial charge in [0, 0.05) is 6.04 Å². The molecule has 5 heteroatoms. The maximum absolute atomic E-state index is 5.74. The first-order valence-corrected chi connectivity index (χ1v) is 7.05. The molecule has 1 heterocycles. The van der Waals surface area contributed by atoms with E-state index in [0.29, 0.717) is 12.0 Å². The standard InChI is InChI=1S/C12H23BrN4/c1-5-9(6-2)11(16-14)12-10(13)7-15-17(12)8(3)4/h7-9,11,16H,5-6,14H2,1-4H3. The van der Waals surface area contributed by atoms with Crippen molar-refractivity contribution >= 4 is 15.9 Å². The van der Waals surface area contributed by atoms with Crippen LogP contribution in [0.3, 0.4) is 0 Å². The first-order chi connectivity index (χ1) is 8.06. The number of nitrogens with zero attached hydrogens (tertiary/aromatic N) is 2. The molecule has 1 rings (SSSR count). The van der Waals surface area contributed by atoms with E-state index in [1.54, 1.807) is 0 Å². The number of rotatable bonds is 6. The van der Waals surface area contributed by atoms with E-state index in [0.717, 1.165) is 23.0 Å². The van der Waals surface area contributed by atoms with Crippen LogP contribution in [0.2, 0.25) is 0 Å². The minimum Gasteiger partial charge on any atom is -0.271 e. The van der Waals surface area contributed by atoms with Crippen molar-refractivity contribution in [2.24, 2.45) is 11.8 Å². The van der Waals surface area contributed by atoms with Crippen LogP contribution in [-0.4, -0.2) is 9.78 Å². The zero-order chi connectivity index (χ0) is 13.0. The Labute approximate surface area is 112 Å². The van der Waals surface area contributed by atoms with E-state index in [1.807, 2.05) is 10.9 Å². The predicted molar refractivity (Wildman–Crippen MR) is 74.4 cm³/mol. The molecular weight excluding hydrogens is 280 g/mol. The van der Waals surface area contributed by atoms with Crippen molar-refractivity contribution in [3.63, 3.8) is 0 Å². The van der Waals surface area contributed by atoms with Crippen LogP contribution in [0.15, 0.2) is 10.7 Å². The summed E-state index contributed by atoms with van der Waals surface area (Å²) in [4.78, 5) is 0. The Balaban J connectivity index is 3.14. The lowest BCUT2D eigenvalue weighted by atomic mass is 9.92. The van der Waals surface area contributed by atoms with Crippen LogP contribution in [0.5, 0.6) is 0 Å². The summed E-state index contributed by atoms with van der Waals surface area (Å²) in [5.74, 6) is 6.26. The molecule has 0 saturated heterocycles. The van der Waals surface area contributed by atoms with Crippen molar-refractivity contribution in [1.82, 2.24) is 15.2 Å². The molecule has 4 nitrogen and oxygen atoms in total. The summed E-state index contributed by atoms with van der Waals surface area (Å²) < 4.78 is 3.06. The number of halogens is 1. The maximum Gasteiger partial charge on any atom is 0.0715 e. The smallest absolute Gasteiger partial charge is 0.0715 e. The van der Waals surface area contributed by atoms with Crippen LogP contribution >= 0.6 is 15.9 Å². The van der Waals surface area contributed by atoms with E-state index in [2.05, 4.69) is 54.1 Å². The van der Waals surface area contributed by atoms with Crippen LogP contribution in [0.4, 0.5) is 0 Å². The molecule has 0 aliphatic rings. The molecule has 1 unspecified atom stereocenters. The van der Waals surface area contributed by atoms with Gasteiger partial charge < -0.3 is 0 Å². The third-order valence-corrected chi connectivity index (χ3v) is 3.88. The number of nitrogens with two attached hydrogens (primary N) is 1. The summed E-state index contributed by atoms with van der Waals surface area (Å²) in [5, 5.41) is 4.41. The zero-order valence-corrected chi connectivity index (χ0v) is 12.7. The summed E-state index contributed by atoms with van der Waals surface area (Å²) in [6.07, 6.45) is 4.05. The van der Waals surface area contributed by atoms with Gasteiger partial charge in [-0.15, -0.1) is 0 Å². The highest BCUT2D eigenvalue weighted by atomic mass is 79.9. The molecule has 0 aliphatic heterocycles. The van der Waals surface area contributed by atoms with E-state index in [-0.39, 0.29) is 6.04 Å². The van der Waals surface area contributed by atoms with Gasteiger partial charge in [-0.3, -0.25) is 16.0 Å². The fraction of sp³-hybridized carbons (Fsp3) is 0.750. The maximum atomic E-state index is 5.74. The van der Waals surface area contributed by atoms with E-state index in [1.165, 1.54) is 0 Å². The second kappa shape index (κ2) is 6.52. The van der Waals surface area contributed by atoms with Gasteiger partial charge in [-0.1, -0.05) is 26.7 Å². The molecular formula is C12H23BrN4. The van der Waals surface area contributed by atoms with Gasteiger partial charge in [0.25, 0.3) is 0 Å². The second-order valence-electron chi connectivity index (χ2n) is 4.64. The fourth-order valence-electron chi connectivity index (χ4n) is 2.25. The van der Waals surface area contributed by atoms with Crippen LogP contribution in [0.1, 0.15) is 58.3 Å². The normalized spacial score (nSPS) is 13.6. The molecule has 0 amide bonds. The Kier molecular flexibility index (Phi) is 5.62. The van der Waals surface area contributed by atoms with Gasteiger partial charge in [-0.05, 0) is 35.7 Å². The molecule has 1 aromatic rings. The highest BCUT2D eigenvalue weighted by Crippen LogP contribution is 2.32. The Morgan fingerprint density at radius 2 is 2.00 bits per heavy atom. The number of hydrazine groups is 1. The minimum atomic E-state index is 0.143. The second-order valence-corrected chi connectivity index (χ2v) is 5.49. The van der Waals surface area contributed by atoms with E-state index < -0.39 is 0 Å². The van der Waals surface area contributed by atoms with Crippen molar-refractivity contribution in [2.45, 2.75) is 52.6 Å². The Morgan fingerprint density at radius 1 is 1.41 bits per heavy atom. The number of aromatic nitrogens is 2. The van der Waals surface area contributed by atoms with Crippen LogP contribution < -0.4 is 11.3 Å². The predicted octanol–water partition coefficient (Wildman–Crippen LogP) is 3.17. The fourth-order valence-corrected chi connectivity index (χ4v) is 2.77. The van der Waals surface area contributed by atoms with Crippen molar-refractivity contribution in [3.8, 4) is 0 Å². The molecule has 0 saturated carbocycles. The molecule has 0 bridgehead atoms. The lowest BCUT2D eigenvalue weighted by Crippen LogP contribution is -2.35. The van der Waals surface area contributed by atoms with E-state index >= 15 is 0 Å². The molecule has 1 aromatic heterocycles. The van der Waals surface area contributed by atoms with Crippen LogP contribution in [0, 0.1) is 5.92 Å². The summed E-state index contributed by atoms with van der Waals surface area (Å²) in [5.41, 5.74) is 4.10. The lowest BCUT2D eigenvalue weighted by molar-refractivity contribution is 0.318. The van der Waals surface area contributed by atoms with Gasteiger partial charge in [0.15, 0.2) is 0 Å². The number of nitrogens with one attached hydrogen (secondary N) is 1. The first-order valence-electron chi connectivity index (χ1n) is 6.25. The first kappa shape index (κ1) is 14.7. The molecule has 98 valence electrons. The van der Waals surface area contributed by atoms with Gasteiger partial charge in [0.05, 0.1) is 22.4 Å². The number of hydrogen-bond acceptors (Lipinski definition) is 3. The molecule has 17 heavy (non-hydrogen) atoms. The van der Waals surface area contributed by atoms with E-state index in [4.69, 9.17) is 5.84 Å². The van der Waals surface area contributed by atoms with Crippen molar-refractivity contribution in [2.75, 3.05) is 0 Å². The summed E-state index contributed by atoms with van der Waals surface area (Å²) in [6, 6.07) is 0.478. The Morgan fingerprint density at radius 3 is 2.41 bits per heavy atom. The molecule has 1 atom stereocenters. The Bertz CT molecular complexity index is 344. The molecule has 0 fully saturated rings. The lowest BCUT2D eigenvalue weighted by Gasteiger charge is -2.27.